The normalized spacial score (nSPS) is 12.2. The molecule has 0 saturated heterocycles. The van der Waals surface area contributed by atoms with E-state index < -0.39 is 11.6 Å². The zero-order valence-electron chi connectivity index (χ0n) is 18.7. The van der Waals surface area contributed by atoms with Crippen molar-refractivity contribution in [3.63, 3.8) is 0 Å². The quantitative estimate of drug-likeness (QED) is 0.578. The van der Waals surface area contributed by atoms with Crippen molar-refractivity contribution in [1.82, 2.24) is 10.2 Å². The Labute approximate surface area is 194 Å². The number of halogens is 2. The van der Waals surface area contributed by atoms with Crippen molar-refractivity contribution < 1.29 is 14.3 Å². The first-order valence-electron chi connectivity index (χ1n) is 10.3. The van der Waals surface area contributed by atoms with E-state index in [9.17, 15) is 9.59 Å². The van der Waals surface area contributed by atoms with Crippen LogP contribution in [0.15, 0.2) is 42.5 Å². The second kappa shape index (κ2) is 10.9. The molecule has 0 aliphatic heterocycles. The first kappa shape index (κ1) is 25.0. The van der Waals surface area contributed by atoms with Gasteiger partial charge < -0.3 is 15.0 Å². The Morgan fingerprint density at radius 2 is 1.74 bits per heavy atom. The van der Waals surface area contributed by atoms with Crippen LogP contribution in [0.25, 0.3) is 0 Å². The van der Waals surface area contributed by atoms with Gasteiger partial charge in [-0.05, 0) is 69.5 Å². The molecule has 0 aliphatic carbocycles. The summed E-state index contributed by atoms with van der Waals surface area (Å²) >= 11 is 12.3. The van der Waals surface area contributed by atoms with Crippen molar-refractivity contribution in [3.05, 3.63) is 63.6 Å². The van der Waals surface area contributed by atoms with E-state index in [1.54, 1.807) is 25.1 Å². The van der Waals surface area contributed by atoms with Crippen LogP contribution in [0.5, 0.6) is 5.75 Å². The monoisotopic (exact) mass is 464 g/mol. The van der Waals surface area contributed by atoms with Crippen molar-refractivity contribution in [1.29, 1.82) is 0 Å². The van der Waals surface area contributed by atoms with Gasteiger partial charge in [0, 0.05) is 22.1 Å². The number of ether oxygens (including phenoxy) is 1. The van der Waals surface area contributed by atoms with Gasteiger partial charge in [-0.15, -0.1) is 0 Å². The molecule has 0 aromatic heterocycles. The molecule has 0 unspecified atom stereocenters. The van der Waals surface area contributed by atoms with E-state index in [1.807, 2.05) is 45.0 Å². The number of carbonyl (C=O) groups is 2. The molecular weight excluding hydrogens is 435 g/mol. The number of nitrogens with one attached hydrogen (secondary N) is 1. The predicted octanol–water partition coefficient (Wildman–Crippen LogP) is 5.27. The van der Waals surface area contributed by atoms with Crippen LogP contribution in [-0.2, 0) is 22.6 Å². The summed E-state index contributed by atoms with van der Waals surface area (Å²) in [7, 11) is 0. The Kier molecular flexibility index (Phi) is 8.78. The van der Waals surface area contributed by atoms with Gasteiger partial charge in [-0.3, -0.25) is 9.59 Å². The summed E-state index contributed by atoms with van der Waals surface area (Å²) in [5, 5.41) is 3.86. The van der Waals surface area contributed by atoms with Crippen molar-refractivity contribution in [3.8, 4) is 5.75 Å². The van der Waals surface area contributed by atoms with Crippen LogP contribution in [0.2, 0.25) is 10.0 Å². The topological polar surface area (TPSA) is 58.6 Å². The lowest BCUT2D eigenvalue weighted by Gasteiger charge is -2.31. The Hall–Kier alpha value is -2.24. The SMILES string of the molecule is CCc1ccc(OCC(=O)N(Cc2ccc(Cl)cc2Cl)[C@H](C)C(=O)NC(C)(C)C)cc1. The molecule has 0 bridgehead atoms. The number of rotatable bonds is 8. The molecule has 5 nitrogen and oxygen atoms in total. The highest BCUT2D eigenvalue weighted by Gasteiger charge is 2.29. The third kappa shape index (κ3) is 7.75. The van der Waals surface area contributed by atoms with Crippen molar-refractivity contribution in [2.24, 2.45) is 0 Å². The number of amides is 2. The molecule has 1 atom stereocenters. The number of hydrogen-bond donors (Lipinski definition) is 1. The highest BCUT2D eigenvalue weighted by Crippen LogP contribution is 2.23. The molecule has 0 fully saturated rings. The van der Waals surface area contributed by atoms with Crippen LogP contribution < -0.4 is 10.1 Å². The third-order valence-corrected chi connectivity index (χ3v) is 5.30. The van der Waals surface area contributed by atoms with Crippen molar-refractivity contribution >= 4 is 35.0 Å². The lowest BCUT2D eigenvalue weighted by atomic mass is 10.1. The zero-order valence-corrected chi connectivity index (χ0v) is 20.2. The number of benzene rings is 2. The van der Waals surface area contributed by atoms with Gasteiger partial charge >= 0.3 is 0 Å². The van der Waals surface area contributed by atoms with Gasteiger partial charge in [-0.25, -0.2) is 0 Å². The fraction of sp³-hybridized carbons (Fsp3) is 0.417. The van der Waals surface area contributed by atoms with E-state index >= 15 is 0 Å². The molecule has 2 aromatic carbocycles. The maximum atomic E-state index is 13.1. The molecule has 1 N–H and O–H groups in total. The lowest BCUT2D eigenvalue weighted by Crippen LogP contribution is -2.53. The molecule has 2 amide bonds. The van der Waals surface area contributed by atoms with Gasteiger partial charge in [0.05, 0.1) is 0 Å². The zero-order chi connectivity index (χ0) is 23.2. The second-order valence-corrected chi connectivity index (χ2v) is 9.30. The highest BCUT2D eigenvalue weighted by atomic mass is 35.5. The first-order chi connectivity index (χ1) is 14.5. The standard InChI is InChI=1S/C24H30Cl2N2O3/c1-6-17-7-11-20(12-8-17)31-15-22(29)28(16(2)23(30)27-24(3,4)5)14-18-9-10-19(25)13-21(18)26/h7-13,16H,6,14-15H2,1-5H3,(H,27,30)/t16-/m1/s1. The molecule has 0 aliphatic rings. The fourth-order valence-electron chi connectivity index (χ4n) is 2.94. The molecule has 31 heavy (non-hydrogen) atoms. The van der Waals surface area contributed by atoms with Crippen LogP contribution in [0.1, 0.15) is 45.7 Å². The highest BCUT2D eigenvalue weighted by molar-refractivity contribution is 6.35. The summed E-state index contributed by atoms with van der Waals surface area (Å²) < 4.78 is 5.69. The summed E-state index contributed by atoms with van der Waals surface area (Å²) in [6.45, 7) is 9.41. The van der Waals surface area contributed by atoms with Gasteiger partial charge in [-0.1, -0.05) is 48.3 Å². The van der Waals surface area contributed by atoms with Crippen LogP contribution >= 0.6 is 23.2 Å². The molecule has 0 radical (unpaired) electrons. The minimum atomic E-state index is -0.718. The van der Waals surface area contributed by atoms with Crippen molar-refractivity contribution in [2.75, 3.05) is 6.61 Å². The van der Waals surface area contributed by atoms with E-state index in [1.165, 1.54) is 10.5 Å². The molecule has 2 rings (SSSR count). The van der Waals surface area contributed by atoms with Crippen LogP contribution in [-0.4, -0.2) is 34.9 Å². The molecular formula is C24H30Cl2N2O3. The number of nitrogens with zero attached hydrogens (tertiary/aromatic N) is 1. The summed E-state index contributed by atoms with van der Waals surface area (Å²) in [5.41, 5.74) is 1.46. The number of aryl methyl sites for hydroxylation is 1. The Morgan fingerprint density at radius 1 is 1.10 bits per heavy atom. The third-order valence-electron chi connectivity index (χ3n) is 4.72. The van der Waals surface area contributed by atoms with Crippen molar-refractivity contribution in [2.45, 2.75) is 59.2 Å². The molecule has 2 aromatic rings. The smallest absolute Gasteiger partial charge is 0.261 e. The molecule has 0 heterocycles. The van der Waals surface area contributed by atoms with Gasteiger partial charge in [-0.2, -0.15) is 0 Å². The average molecular weight is 465 g/mol. The van der Waals surface area contributed by atoms with Crippen LogP contribution in [0.3, 0.4) is 0 Å². The Morgan fingerprint density at radius 3 is 2.29 bits per heavy atom. The number of carbonyl (C=O) groups excluding carboxylic acids is 2. The molecule has 168 valence electrons. The van der Waals surface area contributed by atoms with Gasteiger partial charge in [0.1, 0.15) is 11.8 Å². The predicted molar refractivity (Wildman–Crippen MR) is 126 cm³/mol. The Balaban J connectivity index is 2.19. The average Bonchev–Trinajstić information content (AvgIpc) is 2.70. The lowest BCUT2D eigenvalue weighted by molar-refractivity contribution is -0.142. The number of hydrogen-bond acceptors (Lipinski definition) is 3. The molecule has 7 heteroatoms. The van der Waals surface area contributed by atoms with Gasteiger partial charge in [0.15, 0.2) is 6.61 Å². The van der Waals surface area contributed by atoms with Crippen LogP contribution in [0.4, 0.5) is 0 Å². The van der Waals surface area contributed by atoms with Gasteiger partial charge in [0.25, 0.3) is 5.91 Å². The van der Waals surface area contributed by atoms with E-state index in [4.69, 9.17) is 27.9 Å². The maximum Gasteiger partial charge on any atom is 0.261 e. The minimum Gasteiger partial charge on any atom is -0.484 e. The minimum absolute atomic E-state index is 0.158. The second-order valence-electron chi connectivity index (χ2n) is 8.46. The first-order valence-corrected chi connectivity index (χ1v) is 11.0. The molecule has 0 saturated carbocycles. The Bertz CT molecular complexity index is 908. The van der Waals surface area contributed by atoms with Gasteiger partial charge in [0.2, 0.25) is 5.91 Å². The molecule has 0 spiro atoms. The summed E-state index contributed by atoms with van der Waals surface area (Å²) in [4.78, 5) is 27.3. The largest absolute Gasteiger partial charge is 0.484 e. The van der Waals surface area contributed by atoms with Crippen LogP contribution in [0, 0.1) is 0 Å². The fourth-order valence-corrected chi connectivity index (χ4v) is 3.41. The van der Waals surface area contributed by atoms with E-state index in [2.05, 4.69) is 12.2 Å². The van der Waals surface area contributed by atoms with E-state index in [0.717, 1.165) is 6.42 Å². The summed E-state index contributed by atoms with van der Waals surface area (Å²) in [5.74, 6) is 0.0298. The van der Waals surface area contributed by atoms with E-state index in [-0.39, 0.29) is 25.0 Å². The summed E-state index contributed by atoms with van der Waals surface area (Å²) in [6, 6.07) is 12.0. The summed E-state index contributed by atoms with van der Waals surface area (Å²) in [6.07, 6.45) is 0.926. The maximum absolute atomic E-state index is 13.1. The van der Waals surface area contributed by atoms with E-state index in [0.29, 0.717) is 21.4 Å².